The summed E-state index contributed by atoms with van der Waals surface area (Å²) in [6, 6.07) is 11.2. The average molecular weight is 1060 g/mol. The van der Waals surface area contributed by atoms with Crippen molar-refractivity contribution >= 4 is 123 Å². The van der Waals surface area contributed by atoms with Gasteiger partial charge in [0.05, 0.1) is 21.2 Å². The van der Waals surface area contributed by atoms with Gasteiger partial charge >= 0.3 is 6.03 Å². The van der Waals surface area contributed by atoms with Crippen LogP contribution in [-0.2, 0) is 60.7 Å². The summed E-state index contributed by atoms with van der Waals surface area (Å²) in [6.07, 6.45) is 0. The minimum atomic E-state index is -5.42. The van der Waals surface area contributed by atoms with E-state index in [1.54, 1.807) is 0 Å². The van der Waals surface area contributed by atoms with E-state index in [1.807, 2.05) is 0 Å². The Morgan fingerprint density at radius 1 is 0.368 bits per heavy atom. The molecule has 4 amide bonds. The van der Waals surface area contributed by atoms with E-state index in [0.29, 0.717) is 36.4 Å². The number of fused-ring (bicyclic) bond motifs is 2. The number of amides is 4. The zero-order chi connectivity index (χ0) is 50.9. The van der Waals surface area contributed by atoms with Gasteiger partial charge < -0.3 is 21.3 Å². The Balaban J connectivity index is 1.23. The van der Waals surface area contributed by atoms with Gasteiger partial charge in [0.1, 0.15) is 19.6 Å². The van der Waals surface area contributed by atoms with E-state index in [9.17, 15) is 92.2 Å². The Hall–Kier alpha value is -6.49. The highest BCUT2D eigenvalue weighted by atomic mass is 32.2. The summed E-state index contributed by atoms with van der Waals surface area (Å²) in [5.41, 5.74) is -0.539. The molecular formula is C37H30N4O21S6. The van der Waals surface area contributed by atoms with Gasteiger partial charge in [-0.2, -0.15) is 50.5 Å². The first kappa shape index (κ1) is 50.9. The molecule has 68 heavy (non-hydrogen) atoms. The zero-order valence-electron chi connectivity index (χ0n) is 33.8. The predicted octanol–water partition coefficient (Wildman–Crippen LogP) is 4.24. The van der Waals surface area contributed by atoms with E-state index in [1.165, 1.54) is 50.2 Å². The van der Waals surface area contributed by atoms with Crippen LogP contribution in [-0.4, -0.2) is 95.7 Å². The van der Waals surface area contributed by atoms with Crippen molar-refractivity contribution in [3.05, 3.63) is 107 Å². The van der Waals surface area contributed by atoms with Crippen LogP contribution in [0.5, 0.6) is 0 Å². The van der Waals surface area contributed by atoms with E-state index in [4.69, 9.17) is 0 Å². The van der Waals surface area contributed by atoms with Gasteiger partial charge in [0, 0.05) is 44.0 Å². The molecule has 6 aromatic carbocycles. The Bertz CT molecular complexity index is 3680. The van der Waals surface area contributed by atoms with Crippen LogP contribution in [0.2, 0.25) is 0 Å². The van der Waals surface area contributed by atoms with Crippen LogP contribution in [0.25, 0.3) is 21.5 Å². The second-order valence-electron chi connectivity index (χ2n) is 14.3. The minimum Gasteiger partial charge on any atom is -0.321 e. The van der Waals surface area contributed by atoms with Gasteiger partial charge in [-0.15, -0.1) is 0 Å². The lowest BCUT2D eigenvalue weighted by Crippen LogP contribution is -2.21. The molecule has 0 fully saturated rings. The molecule has 0 atom stereocenters. The van der Waals surface area contributed by atoms with Crippen molar-refractivity contribution in [3.8, 4) is 0 Å². The first-order valence-electron chi connectivity index (χ1n) is 18.0. The molecule has 0 saturated carbocycles. The molecule has 25 nitrogen and oxygen atoms in total. The number of nitrogens with one attached hydrogen (secondary N) is 4. The second-order valence-corrected chi connectivity index (χ2v) is 22.7. The summed E-state index contributed by atoms with van der Waals surface area (Å²) in [4.78, 5) is 32.9. The van der Waals surface area contributed by atoms with E-state index in [2.05, 4.69) is 21.3 Å². The highest BCUT2D eigenvalue weighted by molar-refractivity contribution is 7.88. The third-order valence-electron chi connectivity index (χ3n) is 9.70. The molecular weight excluding hydrogens is 1030 g/mol. The molecule has 0 saturated heterocycles. The van der Waals surface area contributed by atoms with Crippen molar-refractivity contribution in [1.82, 2.24) is 0 Å². The molecule has 10 N–H and O–H groups in total. The molecule has 0 aliphatic heterocycles. The fraction of sp³-hybridized carbons (Fsp3) is 0.0541. The lowest BCUT2D eigenvalue weighted by atomic mass is 10.1. The fourth-order valence-electron chi connectivity index (χ4n) is 6.71. The first-order valence-corrected chi connectivity index (χ1v) is 26.7. The molecule has 6 rings (SSSR count). The van der Waals surface area contributed by atoms with Crippen LogP contribution >= 0.6 is 0 Å². The number of hydrogen-bond acceptors (Lipinski definition) is 15. The Labute approximate surface area is 384 Å². The average Bonchev–Trinajstić information content (AvgIpc) is 3.19. The van der Waals surface area contributed by atoms with Crippen LogP contribution in [0.3, 0.4) is 0 Å². The third-order valence-corrected chi connectivity index (χ3v) is 14.9. The summed E-state index contributed by atoms with van der Waals surface area (Å²) in [6.45, 7) is 2.92. The molecule has 0 aliphatic carbocycles. The molecule has 0 aliphatic rings. The van der Waals surface area contributed by atoms with Crippen LogP contribution in [0.1, 0.15) is 31.8 Å². The van der Waals surface area contributed by atoms with Crippen molar-refractivity contribution in [2.75, 3.05) is 21.3 Å². The monoisotopic (exact) mass is 1060 g/mol. The quantitative estimate of drug-likeness (QED) is 0.0766. The first-order chi connectivity index (χ1) is 31.0. The maximum absolute atomic E-state index is 13.4. The van der Waals surface area contributed by atoms with Crippen molar-refractivity contribution < 1.29 is 92.2 Å². The van der Waals surface area contributed by atoms with Gasteiger partial charge in [-0.3, -0.25) is 36.9 Å². The number of carbonyl (C=O) groups excluding carboxylic acids is 3. The van der Waals surface area contributed by atoms with Gasteiger partial charge in [-0.05, 0) is 110 Å². The Morgan fingerprint density at radius 3 is 0.956 bits per heavy atom. The molecule has 31 heteroatoms. The highest BCUT2D eigenvalue weighted by Crippen LogP contribution is 2.39. The van der Waals surface area contributed by atoms with Gasteiger partial charge in [-0.1, -0.05) is 0 Å². The van der Waals surface area contributed by atoms with Crippen molar-refractivity contribution in [2.24, 2.45) is 0 Å². The van der Waals surface area contributed by atoms with Crippen LogP contribution in [0, 0.1) is 13.8 Å². The topological polar surface area (TPSA) is 426 Å². The summed E-state index contributed by atoms with van der Waals surface area (Å²) >= 11 is 0. The number of hydrogen-bond donors (Lipinski definition) is 10. The molecule has 0 aromatic heterocycles. The lowest BCUT2D eigenvalue weighted by molar-refractivity contribution is 0.101. The molecule has 0 bridgehead atoms. The van der Waals surface area contributed by atoms with Crippen molar-refractivity contribution in [1.29, 1.82) is 0 Å². The van der Waals surface area contributed by atoms with E-state index in [-0.39, 0.29) is 33.6 Å². The predicted molar refractivity (Wildman–Crippen MR) is 238 cm³/mol. The van der Waals surface area contributed by atoms with E-state index >= 15 is 0 Å². The van der Waals surface area contributed by atoms with E-state index in [0.717, 1.165) is 12.1 Å². The molecule has 0 unspecified atom stereocenters. The van der Waals surface area contributed by atoms with Crippen molar-refractivity contribution in [3.63, 3.8) is 0 Å². The number of carbonyl (C=O) groups is 3. The Kier molecular flexibility index (Phi) is 13.1. The van der Waals surface area contributed by atoms with Crippen molar-refractivity contribution in [2.45, 2.75) is 43.2 Å². The molecule has 0 spiro atoms. The fourth-order valence-corrected chi connectivity index (χ4v) is 10.8. The summed E-state index contributed by atoms with van der Waals surface area (Å²) in [7, 11) is -31.7. The SMILES string of the molecule is Cc1cc(C(=O)Nc2ccc(S(=O)(=O)O)c3cc(S(=O)(=O)O)cc(S(=O)(=O)O)c23)ccc1NC(=O)Nc1ccc(C(=O)Nc2ccc(S(=O)(=O)O)c3cc(S(=O)(=O)O)cc(S(=O)(=O)O)c23)cc1C. The van der Waals surface area contributed by atoms with Gasteiger partial charge in [0.2, 0.25) is 0 Å². The minimum absolute atomic E-state index is 0.127. The second kappa shape index (κ2) is 17.5. The number of urea groups is 1. The van der Waals surface area contributed by atoms with Gasteiger partial charge in [0.25, 0.3) is 72.5 Å². The van der Waals surface area contributed by atoms with Crippen LogP contribution < -0.4 is 21.3 Å². The summed E-state index contributed by atoms with van der Waals surface area (Å²) in [5, 5.41) is 6.48. The highest BCUT2D eigenvalue weighted by Gasteiger charge is 2.29. The third kappa shape index (κ3) is 10.8. The van der Waals surface area contributed by atoms with Crippen LogP contribution in [0.4, 0.5) is 27.5 Å². The smallest absolute Gasteiger partial charge is 0.321 e. The standard InChI is InChI=1S/C37H30N4O21S6/c1-17-11-19(35(42)38-27-7-9-29(65(51,52)53)23-13-21(63(45,46)47)15-31(33(23)27)67(57,58)59)3-5-25(17)40-37(44)41-26-6-4-20(12-18(26)2)36(43)39-28-8-10-30(66(54,55)56)24-14-22(64(48,49)50)16-32(34(24)28)68(60,61)62/h3-16H,1-2H3,(H,38,42)(H,39,43)(H2,40,41,44)(H,45,46,47)(H,48,49,50)(H,51,52,53)(H,54,55,56)(H,57,58,59)(H,60,61,62). The maximum Gasteiger partial charge on any atom is 0.323 e. The number of aryl methyl sites for hydroxylation is 2. The number of rotatable bonds is 12. The number of benzene rings is 6. The van der Waals surface area contributed by atoms with Gasteiger partial charge in [0.15, 0.2) is 0 Å². The number of anilines is 4. The molecule has 0 radical (unpaired) electrons. The van der Waals surface area contributed by atoms with Gasteiger partial charge in [-0.25, -0.2) is 4.79 Å². The molecule has 360 valence electrons. The summed E-state index contributed by atoms with van der Waals surface area (Å²) < 4.78 is 204. The lowest BCUT2D eigenvalue weighted by Gasteiger charge is -2.16. The largest absolute Gasteiger partial charge is 0.323 e. The normalized spacial score (nSPS) is 12.7. The molecule has 0 heterocycles. The van der Waals surface area contributed by atoms with E-state index < -0.39 is 141 Å². The maximum atomic E-state index is 13.4. The Morgan fingerprint density at radius 2 is 0.676 bits per heavy atom. The molecule has 6 aromatic rings. The summed E-state index contributed by atoms with van der Waals surface area (Å²) in [5.74, 6) is -1.98. The van der Waals surface area contributed by atoms with Crippen LogP contribution in [0.15, 0.2) is 114 Å². The zero-order valence-corrected chi connectivity index (χ0v) is 38.7.